The number of carbonyl (C=O) groups is 1. The van der Waals surface area contributed by atoms with Crippen LogP contribution in [0.5, 0.6) is 0 Å². The van der Waals surface area contributed by atoms with Crippen LogP contribution in [0.25, 0.3) is 0 Å². The quantitative estimate of drug-likeness (QED) is 0.175. The molecule has 0 aliphatic carbocycles. The van der Waals surface area contributed by atoms with E-state index in [0.717, 1.165) is 56.1 Å². The van der Waals surface area contributed by atoms with Crippen LogP contribution in [0.15, 0.2) is 57.4 Å². The summed E-state index contributed by atoms with van der Waals surface area (Å²) in [5.74, 6) is -0.184. The standard InChI is InChI=1S/C24H28FN3O2/c1-3-8-20(9-6-4-5-7-10-23(29)24-27-15-16-30-24)22(17-26)28-18(2)19-11-13-21(25)14-12-19/h11-16H,3-10H2,1-2H3/b22-20+,28-18?. The zero-order chi connectivity index (χ0) is 21.8. The second-order valence-corrected chi connectivity index (χ2v) is 7.19. The van der Waals surface area contributed by atoms with Gasteiger partial charge in [0.15, 0.2) is 0 Å². The van der Waals surface area contributed by atoms with Crippen molar-refractivity contribution in [3.8, 4) is 6.07 Å². The Morgan fingerprint density at radius 2 is 1.83 bits per heavy atom. The lowest BCUT2D eigenvalue weighted by Crippen LogP contribution is -1.99. The summed E-state index contributed by atoms with van der Waals surface area (Å²) in [4.78, 5) is 20.3. The van der Waals surface area contributed by atoms with Gasteiger partial charge in [0, 0.05) is 12.1 Å². The minimum absolute atomic E-state index is 0.0658. The van der Waals surface area contributed by atoms with Crippen molar-refractivity contribution >= 4 is 11.5 Å². The van der Waals surface area contributed by atoms with Gasteiger partial charge in [0.2, 0.25) is 5.78 Å². The van der Waals surface area contributed by atoms with Crippen molar-refractivity contribution in [3.05, 3.63) is 65.3 Å². The summed E-state index contributed by atoms with van der Waals surface area (Å²) < 4.78 is 18.1. The molecule has 2 rings (SSSR count). The first-order valence-corrected chi connectivity index (χ1v) is 10.4. The summed E-state index contributed by atoms with van der Waals surface area (Å²) in [6.07, 6.45) is 9.54. The number of unbranched alkanes of at least 4 members (excludes halogenated alkanes) is 3. The maximum absolute atomic E-state index is 13.1. The van der Waals surface area contributed by atoms with Gasteiger partial charge in [-0.25, -0.2) is 14.4 Å². The van der Waals surface area contributed by atoms with Gasteiger partial charge in [-0.3, -0.25) is 4.79 Å². The molecule has 1 aromatic carbocycles. The Hall–Kier alpha value is -3.07. The van der Waals surface area contributed by atoms with E-state index in [-0.39, 0.29) is 17.5 Å². The predicted molar refractivity (Wildman–Crippen MR) is 115 cm³/mol. The van der Waals surface area contributed by atoms with Crippen molar-refractivity contribution in [2.75, 3.05) is 0 Å². The van der Waals surface area contributed by atoms with Crippen molar-refractivity contribution in [2.24, 2.45) is 4.99 Å². The average molecular weight is 410 g/mol. The fourth-order valence-corrected chi connectivity index (χ4v) is 3.22. The van der Waals surface area contributed by atoms with Gasteiger partial charge in [-0.2, -0.15) is 5.26 Å². The van der Waals surface area contributed by atoms with Crippen molar-refractivity contribution in [2.45, 2.75) is 65.2 Å². The maximum atomic E-state index is 13.1. The van der Waals surface area contributed by atoms with Crippen molar-refractivity contribution in [3.63, 3.8) is 0 Å². The molecule has 0 amide bonds. The number of benzene rings is 1. The van der Waals surface area contributed by atoms with Crippen LogP contribution < -0.4 is 0 Å². The molecule has 1 aromatic heterocycles. The maximum Gasteiger partial charge on any atom is 0.263 e. The third-order valence-corrected chi connectivity index (χ3v) is 4.84. The lowest BCUT2D eigenvalue weighted by Gasteiger charge is -2.09. The molecule has 0 fully saturated rings. The first kappa shape index (κ1) is 23.2. The number of nitrogens with zero attached hydrogens (tertiary/aromatic N) is 3. The van der Waals surface area contributed by atoms with Gasteiger partial charge in [0.1, 0.15) is 23.8 Å². The average Bonchev–Trinajstić information content (AvgIpc) is 3.29. The monoisotopic (exact) mass is 409 g/mol. The molecule has 0 aliphatic rings. The number of hydrogen-bond donors (Lipinski definition) is 0. The van der Waals surface area contributed by atoms with Gasteiger partial charge >= 0.3 is 0 Å². The van der Waals surface area contributed by atoms with Gasteiger partial charge in [-0.15, -0.1) is 0 Å². The Bertz CT molecular complexity index is 907. The highest BCUT2D eigenvalue weighted by molar-refractivity contribution is 5.99. The minimum atomic E-state index is -0.295. The Morgan fingerprint density at radius 1 is 1.13 bits per heavy atom. The van der Waals surface area contributed by atoms with E-state index in [1.54, 1.807) is 12.1 Å². The molecule has 0 N–H and O–H groups in total. The highest BCUT2D eigenvalue weighted by Gasteiger charge is 2.10. The first-order chi connectivity index (χ1) is 14.5. The van der Waals surface area contributed by atoms with E-state index in [4.69, 9.17) is 4.42 Å². The molecule has 0 spiro atoms. The van der Waals surface area contributed by atoms with Crippen LogP contribution in [-0.2, 0) is 0 Å². The van der Waals surface area contributed by atoms with Gasteiger partial charge in [0.25, 0.3) is 5.89 Å². The van der Waals surface area contributed by atoms with E-state index in [2.05, 4.69) is 23.0 Å². The number of oxazole rings is 1. The summed E-state index contributed by atoms with van der Waals surface area (Å²) >= 11 is 0. The molecule has 1 heterocycles. The van der Waals surface area contributed by atoms with E-state index in [1.807, 2.05) is 6.92 Å². The first-order valence-electron chi connectivity index (χ1n) is 10.4. The summed E-state index contributed by atoms with van der Waals surface area (Å²) in [5, 5.41) is 9.63. The highest BCUT2D eigenvalue weighted by Crippen LogP contribution is 2.21. The largest absolute Gasteiger partial charge is 0.442 e. The number of hydrogen-bond acceptors (Lipinski definition) is 5. The molecule has 158 valence electrons. The number of ketones is 1. The molecule has 0 aliphatic heterocycles. The third-order valence-electron chi connectivity index (χ3n) is 4.84. The number of nitriles is 1. The van der Waals surface area contributed by atoms with Crippen LogP contribution in [-0.4, -0.2) is 16.5 Å². The Kier molecular flexibility index (Phi) is 9.66. The summed E-state index contributed by atoms with van der Waals surface area (Å²) in [6.45, 7) is 3.92. The predicted octanol–water partition coefficient (Wildman–Crippen LogP) is 6.42. The second kappa shape index (κ2) is 12.5. The van der Waals surface area contributed by atoms with Crippen molar-refractivity contribution in [1.82, 2.24) is 4.98 Å². The normalized spacial score (nSPS) is 12.4. The number of carbonyl (C=O) groups excluding carboxylic acids is 1. The van der Waals surface area contributed by atoms with Crippen LogP contribution in [0.3, 0.4) is 0 Å². The van der Waals surface area contributed by atoms with Gasteiger partial charge < -0.3 is 4.42 Å². The van der Waals surface area contributed by atoms with Crippen LogP contribution in [0.4, 0.5) is 4.39 Å². The molecule has 0 saturated heterocycles. The summed E-state index contributed by atoms with van der Waals surface area (Å²) in [6, 6.07) is 8.36. The Labute approximate surface area is 177 Å². The number of Topliss-reactive ketones (excluding diaryl/α,β-unsaturated/α-hetero) is 1. The minimum Gasteiger partial charge on any atom is -0.442 e. The van der Waals surface area contributed by atoms with Gasteiger partial charge in [-0.05, 0) is 55.9 Å². The van der Waals surface area contributed by atoms with E-state index >= 15 is 0 Å². The number of allylic oxidation sites excluding steroid dienone is 2. The zero-order valence-electron chi connectivity index (χ0n) is 17.7. The highest BCUT2D eigenvalue weighted by atomic mass is 19.1. The number of halogens is 1. The SMILES string of the molecule is CCC/C(CCCCCCC(=O)c1ncco1)=C(/C#N)N=C(C)c1ccc(F)cc1. The Morgan fingerprint density at radius 3 is 2.43 bits per heavy atom. The van der Waals surface area contributed by atoms with Gasteiger partial charge in [-0.1, -0.05) is 38.3 Å². The number of rotatable bonds is 12. The zero-order valence-corrected chi connectivity index (χ0v) is 17.7. The molecule has 0 radical (unpaired) electrons. The Balaban J connectivity index is 1.89. The molecule has 2 aromatic rings. The van der Waals surface area contributed by atoms with Crippen molar-refractivity contribution < 1.29 is 13.6 Å². The van der Waals surface area contributed by atoms with E-state index in [1.165, 1.54) is 24.6 Å². The van der Waals surface area contributed by atoms with Crippen LogP contribution in [0, 0.1) is 17.1 Å². The molecule has 0 unspecified atom stereocenters. The van der Waals surface area contributed by atoms with Crippen LogP contribution in [0.1, 0.15) is 81.5 Å². The van der Waals surface area contributed by atoms with E-state index in [9.17, 15) is 14.4 Å². The second-order valence-electron chi connectivity index (χ2n) is 7.19. The third kappa shape index (κ3) is 7.40. The summed E-state index contributed by atoms with van der Waals surface area (Å²) in [7, 11) is 0. The molecule has 0 saturated carbocycles. The molecular weight excluding hydrogens is 381 g/mol. The molecule has 6 heteroatoms. The molecule has 0 atom stereocenters. The molecule has 0 bridgehead atoms. The van der Waals surface area contributed by atoms with E-state index in [0.29, 0.717) is 17.8 Å². The lowest BCUT2D eigenvalue weighted by atomic mass is 10.00. The number of aromatic nitrogens is 1. The van der Waals surface area contributed by atoms with Crippen LogP contribution >= 0.6 is 0 Å². The van der Waals surface area contributed by atoms with Crippen LogP contribution in [0.2, 0.25) is 0 Å². The van der Waals surface area contributed by atoms with E-state index < -0.39 is 0 Å². The fourth-order valence-electron chi connectivity index (χ4n) is 3.22. The summed E-state index contributed by atoms with van der Waals surface area (Å²) in [5.41, 5.74) is 3.01. The lowest BCUT2D eigenvalue weighted by molar-refractivity contribution is 0.0945. The molecular formula is C24H28FN3O2. The number of aliphatic imine (C=N–C) groups is 1. The topological polar surface area (TPSA) is 79.2 Å². The molecule has 30 heavy (non-hydrogen) atoms. The molecule has 5 nitrogen and oxygen atoms in total. The smallest absolute Gasteiger partial charge is 0.263 e. The fraction of sp³-hybridized carbons (Fsp3) is 0.417. The van der Waals surface area contributed by atoms with Gasteiger partial charge in [0.05, 0.1) is 6.20 Å². The van der Waals surface area contributed by atoms with Crippen molar-refractivity contribution in [1.29, 1.82) is 5.26 Å².